The molecule has 21 heavy (non-hydrogen) atoms. The lowest BCUT2D eigenvalue weighted by Crippen LogP contribution is -2.25. The molecule has 4 nitrogen and oxygen atoms in total. The number of halogens is 1. The highest BCUT2D eigenvalue weighted by Gasteiger charge is 2.09. The van der Waals surface area contributed by atoms with E-state index in [1.807, 2.05) is 24.4 Å². The Kier molecular flexibility index (Phi) is 3.64. The van der Waals surface area contributed by atoms with E-state index in [0.29, 0.717) is 18.7 Å². The quantitative estimate of drug-likeness (QED) is 0.799. The van der Waals surface area contributed by atoms with Crippen LogP contribution in [0.1, 0.15) is 16.1 Å². The molecule has 0 saturated carbocycles. The lowest BCUT2D eigenvalue weighted by atomic mass is 10.1. The number of aromatic nitrogens is 2. The molecule has 3 aromatic rings. The molecule has 0 saturated heterocycles. The smallest absolute Gasteiger partial charge is 0.271 e. The zero-order valence-corrected chi connectivity index (χ0v) is 11.3. The minimum atomic E-state index is -0.257. The van der Waals surface area contributed by atoms with Crippen LogP contribution in [0.3, 0.4) is 0 Å². The van der Waals surface area contributed by atoms with Crippen LogP contribution >= 0.6 is 0 Å². The number of nitrogens with zero attached hydrogens (tertiary/aromatic N) is 2. The molecule has 1 amide bonds. The molecule has 3 rings (SSSR count). The zero-order chi connectivity index (χ0) is 14.7. The van der Waals surface area contributed by atoms with Crippen LogP contribution < -0.4 is 5.32 Å². The highest BCUT2D eigenvalue weighted by molar-refractivity contribution is 5.92. The van der Waals surface area contributed by atoms with Crippen molar-refractivity contribution in [3.63, 3.8) is 0 Å². The van der Waals surface area contributed by atoms with Crippen molar-refractivity contribution in [2.24, 2.45) is 0 Å². The Morgan fingerprint density at radius 2 is 2.00 bits per heavy atom. The number of pyridine rings is 1. The first-order valence-electron chi connectivity index (χ1n) is 6.69. The molecule has 0 bridgehead atoms. The molecule has 0 unspecified atom stereocenters. The summed E-state index contributed by atoms with van der Waals surface area (Å²) in [6.07, 6.45) is 4.19. The molecule has 2 heterocycles. The average Bonchev–Trinajstić information content (AvgIpc) is 2.93. The Bertz CT molecular complexity index is 732. The second kappa shape index (κ2) is 5.75. The van der Waals surface area contributed by atoms with Crippen LogP contribution in [-0.2, 0) is 6.42 Å². The molecule has 0 radical (unpaired) electrons. The SMILES string of the molecule is O=C(NCCc1ccc(F)cc1)c1cn2ccccc2n1. The topological polar surface area (TPSA) is 46.4 Å². The van der Waals surface area contributed by atoms with E-state index in [2.05, 4.69) is 10.3 Å². The van der Waals surface area contributed by atoms with Crippen molar-refractivity contribution in [3.8, 4) is 0 Å². The summed E-state index contributed by atoms with van der Waals surface area (Å²) in [7, 11) is 0. The maximum Gasteiger partial charge on any atom is 0.271 e. The van der Waals surface area contributed by atoms with E-state index < -0.39 is 0 Å². The average molecular weight is 283 g/mol. The van der Waals surface area contributed by atoms with Crippen molar-refractivity contribution in [1.29, 1.82) is 0 Å². The standard InChI is InChI=1S/C16H14FN3O/c17-13-6-4-12(5-7-13)8-9-18-16(21)14-11-20-10-2-1-3-15(20)19-14/h1-7,10-11H,8-9H2,(H,18,21). The Morgan fingerprint density at radius 3 is 2.76 bits per heavy atom. The first-order chi connectivity index (χ1) is 10.2. The molecule has 2 aromatic heterocycles. The van der Waals surface area contributed by atoms with Crippen LogP contribution in [0.15, 0.2) is 54.9 Å². The molecule has 0 aliphatic carbocycles. The van der Waals surface area contributed by atoms with Crippen molar-refractivity contribution >= 4 is 11.6 Å². The van der Waals surface area contributed by atoms with Gasteiger partial charge < -0.3 is 9.72 Å². The predicted molar refractivity (Wildman–Crippen MR) is 77.6 cm³/mol. The minimum absolute atomic E-state index is 0.208. The van der Waals surface area contributed by atoms with Crippen LogP contribution in [0, 0.1) is 5.82 Å². The van der Waals surface area contributed by atoms with Gasteiger partial charge in [-0.05, 0) is 36.2 Å². The lowest BCUT2D eigenvalue weighted by Gasteiger charge is -2.03. The van der Waals surface area contributed by atoms with Crippen LogP contribution in [0.25, 0.3) is 5.65 Å². The van der Waals surface area contributed by atoms with Gasteiger partial charge in [-0.15, -0.1) is 0 Å². The number of carbonyl (C=O) groups excluding carboxylic acids is 1. The maximum absolute atomic E-state index is 12.8. The van der Waals surface area contributed by atoms with Gasteiger partial charge in [0.25, 0.3) is 5.91 Å². The monoisotopic (exact) mass is 283 g/mol. The normalized spacial score (nSPS) is 10.7. The molecule has 1 N–H and O–H groups in total. The van der Waals surface area contributed by atoms with Gasteiger partial charge in [0.1, 0.15) is 17.2 Å². The Morgan fingerprint density at radius 1 is 1.19 bits per heavy atom. The van der Waals surface area contributed by atoms with Gasteiger partial charge in [-0.1, -0.05) is 18.2 Å². The summed E-state index contributed by atoms with van der Waals surface area (Å²) in [5.41, 5.74) is 2.10. The predicted octanol–water partition coefficient (Wildman–Crippen LogP) is 2.45. The minimum Gasteiger partial charge on any atom is -0.350 e. The van der Waals surface area contributed by atoms with E-state index in [0.717, 1.165) is 11.2 Å². The number of imidazole rings is 1. The zero-order valence-electron chi connectivity index (χ0n) is 11.3. The number of benzene rings is 1. The summed E-state index contributed by atoms with van der Waals surface area (Å²) in [6, 6.07) is 11.9. The van der Waals surface area contributed by atoms with Crippen molar-refractivity contribution in [2.45, 2.75) is 6.42 Å². The molecule has 0 aliphatic rings. The van der Waals surface area contributed by atoms with Gasteiger partial charge in [-0.2, -0.15) is 0 Å². The first kappa shape index (κ1) is 13.3. The summed E-state index contributed by atoms with van der Waals surface area (Å²) < 4.78 is 14.6. The molecule has 0 atom stereocenters. The molecular formula is C16H14FN3O. The summed E-state index contributed by atoms with van der Waals surface area (Å²) in [5, 5.41) is 2.81. The summed E-state index contributed by atoms with van der Waals surface area (Å²) >= 11 is 0. The van der Waals surface area contributed by atoms with E-state index in [1.54, 1.807) is 22.7 Å². The summed E-state index contributed by atoms with van der Waals surface area (Å²) in [6.45, 7) is 0.484. The largest absolute Gasteiger partial charge is 0.350 e. The Balaban J connectivity index is 1.60. The van der Waals surface area contributed by atoms with E-state index in [-0.39, 0.29) is 11.7 Å². The summed E-state index contributed by atoms with van der Waals surface area (Å²) in [4.78, 5) is 16.3. The fourth-order valence-corrected chi connectivity index (χ4v) is 2.11. The van der Waals surface area contributed by atoms with E-state index in [9.17, 15) is 9.18 Å². The van der Waals surface area contributed by atoms with Crippen molar-refractivity contribution in [3.05, 3.63) is 71.9 Å². The van der Waals surface area contributed by atoms with E-state index >= 15 is 0 Å². The molecule has 106 valence electrons. The highest BCUT2D eigenvalue weighted by Crippen LogP contribution is 2.05. The maximum atomic E-state index is 12.8. The number of carbonyl (C=O) groups is 1. The third kappa shape index (κ3) is 3.08. The van der Waals surface area contributed by atoms with Gasteiger partial charge in [-0.3, -0.25) is 4.79 Å². The molecule has 0 aliphatic heterocycles. The van der Waals surface area contributed by atoms with Gasteiger partial charge in [0.15, 0.2) is 0 Å². The first-order valence-corrected chi connectivity index (χ1v) is 6.69. The molecule has 1 aromatic carbocycles. The van der Waals surface area contributed by atoms with Crippen LogP contribution in [-0.4, -0.2) is 21.8 Å². The Hall–Kier alpha value is -2.69. The summed E-state index contributed by atoms with van der Waals surface area (Å²) in [5.74, 6) is -0.465. The van der Waals surface area contributed by atoms with Gasteiger partial charge in [-0.25, -0.2) is 9.37 Å². The number of rotatable bonds is 4. The number of hydrogen-bond donors (Lipinski definition) is 1. The fraction of sp³-hybridized carbons (Fsp3) is 0.125. The van der Waals surface area contributed by atoms with Crippen LogP contribution in [0.4, 0.5) is 4.39 Å². The molecule has 0 fully saturated rings. The third-order valence-corrected chi connectivity index (χ3v) is 3.21. The number of hydrogen-bond acceptors (Lipinski definition) is 2. The van der Waals surface area contributed by atoms with Crippen LogP contribution in [0.5, 0.6) is 0 Å². The second-order valence-electron chi connectivity index (χ2n) is 4.72. The number of fused-ring (bicyclic) bond motifs is 1. The molecular weight excluding hydrogens is 269 g/mol. The van der Waals surface area contributed by atoms with Gasteiger partial charge in [0.05, 0.1) is 0 Å². The van der Waals surface area contributed by atoms with Crippen molar-refractivity contribution < 1.29 is 9.18 Å². The van der Waals surface area contributed by atoms with Gasteiger partial charge in [0, 0.05) is 18.9 Å². The van der Waals surface area contributed by atoms with Crippen molar-refractivity contribution in [2.75, 3.05) is 6.54 Å². The third-order valence-electron chi connectivity index (χ3n) is 3.21. The van der Waals surface area contributed by atoms with E-state index in [1.165, 1.54) is 12.1 Å². The van der Waals surface area contributed by atoms with Gasteiger partial charge in [0.2, 0.25) is 0 Å². The fourth-order valence-electron chi connectivity index (χ4n) is 2.11. The number of amides is 1. The number of nitrogens with one attached hydrogen (secondary N) is 1. The molecule has 5 heteroatoms. The Labute approximate surface area is 121 Å². The van der Waals surface area contributed by atoms with E-state index in [4.69, 9.17) is 0 Å². The highest BCUT2D eigenvalue weighted by atomic mass is 19.1. The second-order valence-corrected chi connectivity index (χ2v) is 4.72. The van der Waals surface area contributed by atoms with Gasteiger partial charge >= 0.3 is 0 Å². The van der Waals surface area contributed by atoms with Crippen LogP contribution in [0.2, 0.25) is 0 Å². The lowest BCUT2D eigenvalue weighted by molar-refractivity contribution is 0.0950. The molecule has 0 spiro atoms. The van der Waals surface area contributed by atoms with Crippen molar-refractivity contribution in [1.82, 2.24) is 14.7 Å².